The van der Waals surface area contributed by atoms with Gasteiger partial charge in [-0.05, 0) is 12.1 Å². The van der Waals surface area contributed by atoms with Crippen molar-refractivity contribution in [2.75, 3.05) is 31.1 Å². The van der Waals surface area contributed by atoms with Crippen LogP contribution in [0.5, 0.6) is 0 Å². The third kappa shape index (κ3) is 3.06. The smallest absolute Gasteiger partial charge is 0.353 e. The first-order valence-electron chi connectivity index (χ1n) is 7.40. The number of hydrogen-bond acceptors (Lipinski definition) is 4. The molecule has 1 aliphatic heterocycles. The van der Waals surface area contributed by atoms with E-state index in [0.29, 0.717) is 31.9 Å². The van der Waals surface area contributed by atoms with Crippen LogP contribution in [0.2, 0.25) is 0 Å². The molecule has 0 aromatic carbocycles. The van der Waals surface area contributed by atoms with E-state index in [-0.39, 0.29) is 11.7 Å². The summed E-state index contributed by atoms with van der Waals surface area (Å²) in [4.78, 5) is 23.4. The van der Waals surface area contributed by atoms with Crippen LogP contribution in [0.3, 0.4) is 0 Å². The molecule has 0 spiro atoms. The van der Waals surface area contributed by atoms with E-state index in [1.165, 1.54) is 24.8 Å². The van der Waals surface area contributed by atoms with Crippen molar-refractivity contribution in [2.24, 2.45) is 7.05 Å². The highest BCUT2D eigenvalue weighted by Gasteiger charge is 2.36. The molecule has 0 radical (unpaired) electrons. The number of anilines is 1. The molecule has 24 heavy (non-hydrogen) atoms. The minimum atomic E-state index is -4.45. The molecule has 128 valence electrons. The zero-order chi connectivity index (χ0) is 17.3. The van der Waals surface area contributed by atoms with Crippen LogP contribution in [0, 0.1) is 0 Å². The number of pyridine rings is 1. The van der Waals surface area contributed by atoms with Crippen molar-refractivity contribution in [3.05, 3.63) is 42.1 Å². The van der Waals surface area contributed by atoms with Crippen molar-refractivity contribution in [1.29, 1.82) is 0 Å². The van der Waals surface area contributed by atoms with Gasteiger partial charge in [0.1, 0.15) is 11.5 Å². The van der Waals surface area contributed by atoms with Gasteiger partial charge in [0.05, 0.1) is 18.1 Å². The quantitative estimate of drug-likeness (QED) is 0.837. The van der Waals surface area contributed by atoms with E-state index in [9.17, 15) is 18.0 Å². The van der Waals surface area contributed by atoms with Crippen LogP contribution in [0.25, 0.3) is 0 Å². The topological polar surface area (TPSA) is 54.3 Å². The number of imidazole rings is 1. The highest BCUT2D eigenvalue weighted by molar-refractivity contribution is 5.92. The lowest BCUT2D eigenvalue weighted by Gasteiger charge is -2.36. The van der Waals surface area contributed by atoms with Gasteiger partial charge >= 0.3 is 6.18 Å². The number of piperazine rings is 1. The van der Waals surface area contributed by atoms with Crippen molar-refractivity contribution in [1.82, 2.24) is 19.4 Å². The van der Waals surface area contributed by atoms with Crippen LogP contribution in [-0.2, 0) is 13.2 Å². The van der Waals surface area contributed by atoms with Crippen molar-refractivity contribution in [2.45, 2.75) is 6.18 Å². The van der Waals surface area contributed by atoms with Crippen LogP contribution in [0.1, 0.15) is 16.1 Å². The minimum absolute atomic E-state index is 0.0855. The summed E-state index contributed by atoms with van der Waals surface area (Å²) in [6.45, 7) is 1.25. The highest BCUT2D eigenvalue weighted by Crippen LogP contribution is 2.35. The molecule has 3 rings (SSSR count). The number of rotatable bonds is 2. The third-order valence-electron chi connectivity index (χ3n) is 3.99. The number of carbonyl (C=O) groups is 1. The standard InChI is InChI=1S/C15H16F3N5O/c1-21-10-19-9-12(21)14(24)23-7-5-22(6-8-23)13-11(15(16,17)18)3-2-4-20-13/h2-4,9-10H,5-8H2,1H3. The highest BCUT2D eigenvalue weighted by atomic mass is 19.4. The maximum absolute atomic E-state index is 13.1. The van der Waals surface area contributed by atoms with Crippen molar-refractivity contribution in [3.63, 3.8) is 0 Å². The summed E-state index contributed by atoms with van der Waals surface area (Å²) in [7, 11) is 1.72. The third-order valence-corrected chi connectivity index (χ3v) is 3.99. The molecule has 6 nitrogen and oxygen atoms in total. The van der Waals surface area contributed by atoms with Gasteiger partial charge in [-0.2, -0.15) is 13.2 Å². The molecule has 2 aromatic rings. The van der Waals surface area contributed by atoms with Gasteiger partial charge in [0, 0.05) is 39.4 Å². The van der Waals surface area contributed by atoms with Crippen LogP contribution >= 0.6 is 0 Å². The fourth-order valence-corrected chi connectivity index (χ4v) is 2.72. The van der Waals surface area contributed by atoms with Crippen molar-refractivity contribution < 1.29 is 18.0 Å². The Balaban J connectivity index is 1.72. The Labute approximate surface area is 136 Å². The molecule has 0 N–H and O–H groups in total. The van der Waals surface area contributed by atoms with E-state index >= 15 is 0 Å². The predicted molar refractivity (Wildman–Crippen MR) is 80.6 cm³/mol. The summed E-state index contributed by atoms with van der Waals surface area (Å²) in [6, 6.07) is 2.30. The Morgan fingerprint density at radius 1 is 1.21 bits per heavy atom. The first-order chi connectivity index (χ1) is 11.4. The lowest BCUT2D eigenvalue weighted by molar-refractivity contribution is -0.137. The van der Waals surface area contributed by atoms with Crippen LogP contribution < -0.4 is 4.90 Å². The first-order valence-corrected chi connectivity index (χ1v) is 7.40. The number of carbonyl (C=O) groups excluding carboxylic acids is 1. The SMILES string of the molecule is Cn1cncc1C(=O)N1CCN(c2ncccc2C(F)(F)F)CC1. The van der Waals surface area contributed by atoms with Gasteiger partial charge in [-0.25, -0.2) is 9.97 Å². The predicted octanol–water partition coefficient (Wildman–Crippen LogP) is 1.80. The minimum Gasteiger partial charge on any atom is -0.353 e. The zero-order valence-electron chi connectivity index (χ0n) is 13.0. The Morgan fingerprint density at radius 2 is 1.92 bits per heavy atom. The molecule has 0 bridgehead atoms. The molecule has 1 saturated heterocycles. The van der Waals surface area contributed by atoms with Gasteiger partial charge in [-0.15, -0.1) is 0 Å². The molecule has 1 fully saturated rings. The fraction of sp³-hybridized carbons (Fsp3) is 0.400. The molecule has 0 unspecified atom stereocenters. The van der Waals surface area contributed by atoms with Gasteiger partial charge in [-0.1, -0.05) is 0 Å². The Kier molecular flexibility index (Phi) is 4.16. The van der Waals surface area contributed by atoms with E-state index < -0.39 is 11.7 Å². The maximum atomic E-state index is 13.1. The molecule has 9 heteroatoms. The van der Waals surface area contributed by atoms with Gasteiger partial charge < -0.3 is 14.4 Å². The van der Waals surface area contributed by atoms with E-state index in [2.05, 4.69) is 9.97 Å². The number of aromatic nitrogens is 3. The lowest BCUT2D eigenvalue weighted by Crippen LogP contribution is -2.49. The van der Waals surface area contributed by atoms with E-state index in [0.717, 1.165) is 6.07 Å². The van der Waals surface area contributed by atoms with Crippen LogP contribution in [0.4, 0.5) is 19.0 Å². The van der Waals surface area contributed by atoms with Crippen LogP contribution in [-0.4, -0.2) is 51.5 Å². The second kappa shape index (κ2) is 6.14. The molecular weight excluding hydrogens is 323 g/mol. The number of aryl methyl sites for hydroxylation is 1. The number of amides is 1. The van der Waals surface area contributed by atoms with Gasteiger partial charge in [0.15, 0.2) is 0 Å². The van der Waals surface area contributed by atoms with Crippen molar-refractivity contribution in [3.8, 4) is 0 Å². The maximum Gasteiger partial charge on any atom is 0.419 e. The number of halogens is 3. The average Bonchev–Trinajstić information content (AvgIpc) is 2.99. The molecule has 0 atom stereocenters. The normalized spacial score (nSPS) is 15.7. The number of hydrogen-bond donors (Lipinski definition) is 0. The van der Waals surface area contributed by atoms with Crippen molar-refractivity contribution >= 4 is 11.7 Å². The van der Waals surface area contributed by atoms with E-state index in [1.807, 2.05) is 0 Å². The number of alkyl halides is 3. The zero-order valence-corrected chi connectivity index (χ0v) is 13.0. The largest absolute Gasteiger partial charge is 0.419 e. The summed E-state index contributed by atoms with van der Waals surface area (Å²) < 4.78 is 40.9. The molecule has 0 aliphatic carbocycles. The fourth-order valence-electron chi connectivity index (χ4n) is 2.72. The second-order valence-corrected chi connectivity index (χ2v) is 5.54. The Bertz CT molecular complexity index is 735. The summed E-state index contributed by atoms with van der Waals surface area (Å²) in [6.07, 6.45) is -0.0921. The van der Waals surface area contributed by atoms with E-state index in [4.69, 9.17) is 0 Å². The average molecular weight is 339 g/mol. The summed E-state index contributed by atoms with van der Waals surface area (Å²) >= 11 is 0. The first kappa shape index (κ1) is 16.3. The Morgan fingerprint density at radius 3 is 2.50 bits per heavy atom. The van der Waals surface area contributed by atoms with E-state index in [1.54, 1.807) is 21.4 Å². The van der Waals surface area contributed by atoms with Crippen LogP contribution in [0.15, 0.2) is 30.9 Å². The summed E-state index contributed by atoms with van der Waals surface area (Å²) in [5.74, 6) is -0.260. The monoisotopic (exact) mass is 339 g/mol. The molecule has 1 amide bonds. The molecule has 1 aliphatic rings. The Hall–Kier alpha value is -2.58. The summed E-state index contributed by atoms with van der Waals surface area (Å²) in [5.41, 5.74) is -0.298. The second-order valence-electron chi connectivity index (χ2n) is 5.54. The van der Waals surface area contributed by atoms with Gasteiger partial charge in [0.25, 0.3) is 5.91 Å². The molecular formula is C15H16F3N5O. The van der Waals surface area contributed by atoms with Gasteiger partial charge in [0.2, 0.25) is 0 Å². The summed E-state index contributed by atoms with van der Waals surface area (Å²) in [5, 5.41) is 0. The molecule has 2 aromatic heterocycles. The molecule has 3 heterocycles. The number of nitrogens with zero attached hydrogens (tertiary/aromatic N) is 5. The van der Waals surface area contributed by atoms with Gasteiger partial charge in [-0.3, -0.25) is 4.79 Å². The lowest BCUT2D eigenvalue weighted by atomic mass is 10.2. The molecule has 0 saturated carbocycles.